The molecule has 0 radical (unpaired) electrons. The number of rotatable bonds is 13. The number of nitrogens with one attached hydrogen (secondary N) is 1. The average Bonchev–Trinajstić information content (AvgIpc) is 2.90. The van der Waals surface area contributed by atoms with E-state index >= 15 is 0 Å². The largest absolute Gasteiger partial charge is 0.313 e. The van der Waals surface area contributed by atoms with E-state index in [2.05, 4.69) is 35.1 Å². The Morgan fingerprint density at radius 3 is 2.35 bits per heavy atom. The zero-order chi connectivity index (χ0) is 14.5. The summed E-state index contributed by atoms with van der Waals surface area (Å²) in [6, 6.07) is 0. The van der Waals surface area contributed by atoms with Crippen molar-refractivity contribution in [2.45, 2.75) is 84.7 Å². The molecule has 1 rings (SSSR count). The van der Waals surface area contributed by atoms with Crippen LogP contribution in [0, 0.1) is 0 Å². The molecule has 1 aromatic rings. The van der Waals surface area contributed by atoms with E-state index in [1.807, 2.05) is 6.20 Å². The first kappa shape index (κ1) is 17.2. The molecule has 0 saturated carbocycles. The molecule has 116 valence electrons. The molecule has 0 bridgehead atoms. The Bertz CT molecular complexity index is 320. The summed E-state index contributed by atoms with van der Waals surface area (Å²) in [5.74, 6) is 0. The van der Waals surface area contributed by atoms with Gasteiger partial charge in [-0.05, 0) is 19.4 Å². The molecule has 0 amide bonds. The van der Waals surface area contributed by atoms with Crippen molar-refractivity contribution in [3.8, 4) is 0 Å². The number of aryl methyl sites for hydroxylation is 1. The summed E-state index contributed by atoms with van der Waals surface area (Å²) in [5, 5.41) is 7.84. The Hall–Kier alpha value is -0.830. The van der Waals surface area contributed by atoms with E-state index in [0.717, 1.165) is 19.6 Å². The van der Waals surface area contributed by atoms with Crippen molar-refractivity contribution in [2.75, 3.05) is 6.54 Å². The first-order valence-corrected chi connectivity index (χ1v) is 8.58. The molecule has 1 heterocycles. The summed E-state index contributed by atoms with van der Waals surface area (Å²) in [7, 11) is 0. The van der Waals surface area contributed by atoms with Crippen LogP contribution in [0.5, 0.6) is 0 Å². The fourth-order valence-electron chi connectivity index (χ4n) is 2.44. The van der Waals surface area contributed by atoms with E-state index in [1.165, 1.54) is 63.4 Å². The maximum atomic E-state index is 4.43. The molecule has 0 saturated heterocycles. The maximum absolute atomic E-state index is 4.43. The highest BCUT2D eigenvalue weighted by atomic mass is 15.3. The molecule has 3 heteroatoms. The van der Waals surface area contributed by atoms with Crippen molar-refractivity contribution in [3.05, 3.63) is 18.0 Å². The summed E-state index contributed by atoms with van der Waals surface area (Å²) < 4.78 is 2.10. The van der Waals surface area contributed by atoms with Crippen LogP contribution in [0.15, 0.2) is 12.4 Å². The zero-order valence-corrected chi connectivity index (χ0v) is 13.5. The SMILES string of the molecule is CCCCCCCCCCn1cc(CNCCC)cn1. The van der Waals surface area contributed by atoms with Gasteiger partial charge in [0.05, 0.1) is 6.20 Å². The minimum Gasteiger partial charge on any atom is -0.313 e. The Morgan fingerprint density at radius 1 is 0.950 bits per heavy atom. The summed E-state index contributed by atoms with van der Waals surface area (Å²) in [4.78, 5) is 0. The quantitative estimate of drug-likeness (QED) is 0.538. The van der Waals surface area contributed by atoms with Gasteiger partial charge in [0.25, 0.3) is 0 Å². The predicted octanol–water partition coefficient (Wildman–Crippen LogP) is 4.52. The molecule has 0 aliphatic heterocycles. The first-order valence-electron chi connectivity index (χ1n) is 8.58. The fraction of sp³-hybridized carbons (Fsp3) is 0.824. The average molecular weight is 279 g/mol. The number of hydrogen-bond acceptors (Lipinski definition) is 2. The normalized spacial score (nSPS) is 11.1. The smallest absolute Gasteiger partial charge is 0.0534 e. The first-order chi connectivity index (χ1) is 9.86. The second-order valence-electron chi connectivity index (χ2n) is 5.76. The minimum absolute atomic E-state index is 0.950. The predicted molar refractivity (Wildman–Crippen MR) is 86.8 cm³/mol. The Kier molecular flexibility index (Phi) is 10.3. The van der Waals surface area contributed by atoms with E-state index in [1.54, 1.807) is 0 Å². The molecule has 3 nitrogen and oxygen atoms in total. The molecule has 0 aliphatic carbocycles. The van der Waals surface area contributed by atoms with Crippen LogP contribution in [-0.4, -0.2) is 16.3 Å². The Balaban J connectivity index is 1.99. The number of hydrogen-bond donors (Lipinski definition) is 1. The van der Waals surface area contributed by atoms with Crippen LogP contribution in [0.25, 0.3) is 0 Å². The number of nitrogens with zero attached hydrogens (tertiary/aromatic N) is 2. The van der Waals surface area contributed by atoms with Gasteiger partial charge < -0.3 is 5.32 Å². The van der Waals surface area contributed by atoms with Crippen molar-refractivity contribution >= 4 is 0 Å². The molecule has 0 atom stereocenters. The zero-order valence-electron chi connectivity index (χ0n) is 13.5. The summed E-state index contributed by atoms with van der Waals surface area (Å²) in [6.07, 6.45) is 16.3. The highest BCUT2D eigenvalue weighted by molar-refractivity contribution is 5.03. The molecule has 0 spiro atoms. The Morgan fingerprint density at radius 2 is 1.65 bits per heavy atom. The fourth-order valence-corrected chi connectivity index (χ4v) is 2.44. The summed E-state index contributed by atoms with van der Waals surface area (Å²) in [5.41, 5.74) is 1.30. The molecule has 1 aromatic heterocycles. The molecular formula is C17H33N3. The third-order valence-electron chi connectivity index (χ3n) is 3.68. The third-order valence-corrected chi connectivity index (χ3v) is 3.68. The third kappa shape index (κ3) is 8.36. The van der Waals surface area contributed by atoms with Gasteiger partial charge in [-0.15, -0.1) is 0 Å². The summed E-state index contributed by atoms with van der Waals surface area (Å²) in [6.45, 7) is 7.58. The highest BCUT2D eigenvalue weighted by Gasteiger charge is 1.98. The second kappa shape index (κ2) is 12.0. The topological polar surface area (TPSA) is 29.9 Å². The van der Waals surface area contributed by atoms with Crippen molar-refractivity contribution in [1.82, 2.24) is 15.1 Å². The van der Waals surface area contributed by atoms with Gasteiger partial charge in [-0.2, -0.15) is 5.10 Å². The second-order valence-corrected chi connectivity index (χ2v) is 5.76. The van der Waals surface area contributed by atoms with E-state index in [9.17, 15) is 0 Å². The summed E-state index contributed by atoms with van der Waals surface area (Å²) >= 11 is 0. The van der Waals surface area contributed by atoms with E-state index < -0.39 is 0 Å². The maximum Gasteiger partial charge on any atom is 0.0534 e. The van der Waals surface area contributed by atoms with Crippen molar-refractivity contribution < 1.29 is 0 Å². The Labute approximate surface area is 125 Å². The monoisotopic (exact) mass is 279 g/mol. The van der Waals surface area contributed by atoms with Gasteiger partial charge in [-0.3, -0.25) is 4.68 Å². The van der Waals surface area contributed by atoms with Gasteiger partial charge in [0, 0.05) is 24.8 Å². The molecular weight excluding hydrogens is 246 g/mol. The minimum atomic E-state index is 0.950. The van der Waals surface area contributed by atoms with E-state index in [4.69, 9.17) is 0 Å². The lowest BCUT2D eigenvalue weighted by molar-refractivity contribution is 0.519. The molecule has 1 N–H and O–H groups in total. The molecule has 20 heavy (non-hydrogen) atoms. The lowest BCUT2D eigenvalue weighted by Gasteiger charge is -2.02. The van der Waals surface area contributed by atoms with Crippen LogP contribution in [-0.2, 0) is 13.1 Å². The van der Waals surface area contributed by atoms with Crippen LogP contribution in [0.1, 0.15) is 77.2 Å². The van der Waals surface area contributed by atoms with Gasteiger partial charge in [-0.25, -0.2) is 0 Å². The van der Waals surface area contributed by atoms with Gasteiger partial charge in [0.2, 0.25) is 0 Å². The highest BCUT2D eigenvalue weighted by Crippen LogP contribution is 2.09. The lowest BCUT2D eigenvalue weighted by atomic mass is 10.1. The van der Waals surface area contributed by atoms with Gasteiger partial charge >= 0.3 is 0 Å². The van der Waals surface area contributed by atoms with Crippen LogP contribution in [0.4, 0.5) is 0 Å². The molecule has 0 aliphatic rings. The molecule has 0 unspecified atom stereocenters. The van der Waals surface area contributed by atoms with Crippen molar-refractivity contribution in [3.63, 3.8) is 0 Å². The van der Waals surface area contributed by atoms with Crippen LogP contribution in [0.3, 0.4) is 0 Å². The standard InChI is InChI=1S/C17H33N3/c1-3-5-6-7-8-9-10-11-13-20-16-17(15-19-20)14-18-12-4-2/h15-16,18H,3-14H2,1-2H3. The number of unbranched alkanes of at least 4 members (excludes halogenated alkanes) is 7. The van der Waals surface area contributed by atoms with Gasteiger partial charge in [-0.1, -0.05) is 58.8 Å². The molecule has 0 aromatic carbocycles. The lowest BCUT2D eigenvalue weighted by Crippen LogP contribution is -2.13. The van der Waals surface area contributed by atoms with Crippen LogP contribution in [0.2, 0.25) is 0 Å². The van der Waals surface area contributed by atoms with Crippen LogP contribution >= 0.6 is 0 Å². The van der Waals surface area contributed by atoms with Crippen molar-refractivity contribution in [2.24, 2.45) is 0 Å². The number of aromatic nitrogens is 2. The molecule has 0 fully saturated rings. The van der Waals surface area contributed by atoms with E-state index in [-0.39, 0.29) is 0 Å². The van der Waals surface area contributed by atoms with Gasteiger partial charge in [0.1, 0.15) is 0 Å². The van der Waals surface area contributed by atoms with Gasteiger partial charge in [0.15, 0.2) is 0 Å². The van der Waals surface area contributed by atoms with Crippen molar-refractivity contribution in [1.29, 1.82) is 0 Å². The van der Waals surface area contributed by atoms with E-state index in [0.29, 0.717) is 0 Å². The van der Waals surface area contributed by atoms with Crippen LogP contribution < -0.4 is 5.32 Å².